The van der Waals surface area contributed by atoms with Crippen LogP contribution < -0.4 is 11.1 Å². The van der Waals surface area contributed by atoms with Gasteiger partial charge in [-0.3, -0.25) is 0 Å². The summed E-state index contributed by atoms with van der Waals surface area (Å²) in [4.78, 5) is 0. The maximum atomic E-state index is 5.41. The average Bonchev–Trinajstić information content (AvgIpc) is 2.09. The molecule has 0 radical (unpaired) electrons. The van der Waals surface area contributed by atoms with Gasteiger partial charge in [0.1, 0.15) is 0 Å². The van der Waals surface area contributed by atoms with Crippen molar-refractivity contribution in [1.82, 2.24) is 0 Å². The smallest absolute Gasteiger partial charge is 0.0370 e. The van der Waals surface area contributed by atoms with E-state index >= 15 is 0 Å². The molecule has 0 saturated heterocycles. The topological polar surface area (TPSA) is 38.0 Å². The van der Waals surface area contributed by atoms with Gasteiger partial charge in [0.25, 0.3) is 0 Å². The number of hydrogen-bond donors (Lipinski definition) is 2. The predicted octanol–water partition coefficient (Wildman–Crippen LogP) is 2.52. The molecule has 13 heavy (non-hydrogen) atoms. The summed E-state index contributed by atoms with van der Waals surface area (Å²) < 4.78 is 1.12. The summed E-state index contributed by atoms with van der Waals surface area (Å²) >= 11 is 3.43. The number of aryl methyl sites for hydroxylation is 1. The van der Waals surface area contributed by atoms with Crippen LogP contribution in [0.4, 0.5) is 5.69 Å². The standard InChI is InChI=1S/C10H15BrN2/c1-8-7-9(11)3-4-10(8)13-6-2-5-12/h3-4,7,13H,2,5-6,12H2,1H3. The molecule has 3 heteroatoms. The number of nitrogens with two attached hydrogens (primary N) is 1. The summed E-state index contributed by atoms with van der Waals surface area (Å²) in [7, 11) is 0. The molecule has 0 aliphatic heterocycles. The van der Waals surface area contributed by atoms with Crippen LogP contribution in [0, 0.1) is 6.92 Å². The number of anilines is 1. The first-order valence-corrected chi connectivity index (χ1v) is 5.23. The van der Waals surface area contributed by atoms with E-state index in [-0.39, 0.29) is 0 Å². The fraction of sp³-hybridized carbons (Fsp3) is 0.400. The van der Waals surface area contributed by atoms with E-state index in [1.807, 2.05) is 6.07 Å². The molecule has 0 saturated carbocycles. The molecule has 0 amide bonds. The molecule has 72 valence electrons. The van der Waals surface area contributed by atoms with Crippen LogP contribution in [0.5, 0.6) is 0 Å². The highest BCUT2D eigenvalue weighted by atomic mass is 79.9. The second-order valence-electron chi connectivity index (χ2n) is 3.03. The van der Waals surface area contributed by atoms with Crippen molar-refractivity contribution in [1.29, 1.82) is 0 Å². The van der Waals surface area contributed by atoms with Crippen molar-refractivity contribution in [3.8, 4) is 0 Å². The highest BCUT2D eigenvalue weighted by molar-refractivity contribution is 9.10. The summed E-state index contributed by atoms with van der Waals surface area (Å²) in [5.41, 5.74) is 7.85. The Bertz CT molecular complexity index is 274. The summed E-state index contributed by atoms with van der Waals surface area (Å²) in [6, 6.07) is 6.22. The molecule has 0 fully saturated rings. The summed E-state index contributed by atoms with van der Waals surface area (Å²) in [6.45, 7) is 3.77. The molecular formula is C10H15BrN2. The number of hydrogen-bond acceptors (Lipinski definition) is 2. The van der Waals surface area contributed by atoms with Crippen molar-refractivity contribution in [2.75, 3.05) is 18.4 Å². The molecule has 0 aliphatic rings. The molecule has 0 spiro atoms. The van der Waals surface area contributed by atoms with Gasteiger partial charge in [-0.25, -0.2) is 0 Å². The molecule has 0 bridgehead atoms. The van der Waals surface area contributed by atoms with Gasteiger partial charge in [0.15, 0.2) is 0 Å². The lowest BCUT2D eigenvalue weighted by Crippen LogP contribution is -2.08. The molecule has 2 nitrogen and oxygen atoms in total. The van der Waals surface area contributed by atoms with Crippen LogP contribution in [0.2, 0.25) is 0 Å². The van der Waals surface area contributed by atoms with E-state index in [1.54, 1.807) is 0 Å². The van der Waals surface area contributed by atoms with E-state index in [4.69, 9.17) is 5.73 Å². The first-order valence-electron chi connectivity index (χ1n) is 4.44. The monoisotopic (exact) mass is 242 g/mol. The molecule has 1 rings (SSSR count). The molecule has 0 aliphatic carbocycles. The van der Waals surface area contributed by atoms with Crippen molar-refractivity contribution in [3.05, 3.63) is 28.2 Å². The lowest BCUT2D eigenvalue weighted by Gasteiger charge is -2.08. The quantitative estimate of drug-likeness (QED) is 0.797. The lowest BCUT2D eigenvalue weighted by molar-refractivity contribution is 0.873. The van der Waals surface area contributed by atoms with E-state index in [9.17, 15) is 0 Å². The van der Waals surface area contributed by atoms with Gasteiger partial charge in [-0.2, -0.15) is 0 Å². The number of halogens is 1. The second kappa shape index (κ2) is 5.25. The lowest BCUT2D eigenvalue weighted by atomic mass is 10.2. The Labute approximate surface area is 87.6 Å². The van der Waals surface area contributed by atoms with Gasteiger partial charge in [0.05, 0.1) is 0 Å². The van der Waals surface area contributed by atoms with Crippen molar-refractivity contribution >= 4 is 21.6 Å². The first kappa shape index (κ1) is 10.5. The van der Waals surface area contributed by atoms with Crippen LogP contribution in [-0.2, 0) is 0 Å². The molecule has 3 N–H and O–H groups in total. The molecule has 0 unspecified atom stereocenters. The van der Waals surface area contributed by atoms with Crippen LogP contribution in [0.15, 0.2) is 22.7 Å². The Hall–Kier alpha value is -0.540. The van der Waals surface area contributed by atoms with Gasteiger partial charge < -0.3 is 11.1 Å². The fourth-order valence-corrected chi connectivity index (χ4v) is 1.63. The molecule has 1 aromatic carbocycles. The van der Waals surface area contributed by atoms with Gasteiger partial charge in [-0.15, -0.1) is 0 Å². The van der Waals surface area contributed by atoms with Gasteiger partial charge in [0, 0.05) is 16.7 Å². The maximum absolute atomic E-state index is 5.41. The Morgan fingerprint density at radius 3 is 2.85 bits per heavy atom. The van der Waals surface area contributed by atoms with E-state index in [0.29, 0.717) is 0 Å². The van der Waals surface area contributed by atoms with E-state index < -0.39 is 0 Å². The Morgan fingerprint density at radius 2 is 2.23 bits per heavy atom. The first-order chi connectivity index (χ1) is 6.24. The van der Waals surface area contributed by atoms with Crippen molar-refractivity contribution < 1.29 is 0 Å². The minimum absolute atomic E-state index is 0.739. The molecule has 0 atom stereocenters. The average molecular weight is 243 g/mol. The third-order valence-corrected chi connectivity index (χ3v) is 2.38. The minimum atomic E-state index is 0.739. The van der Waals surface area contributed by atoms with Crippen LogP contribution >= 0.6 is 15.9 Å². The summed E-state index contributed by atoms with van der Waals surface area (Å²) in [5, 5.41) is 3.34. The SMILES string of the molecule is Cc1cc(Br)ccc1NCCCN. The fourth-order valence-electron chi connectivity index (χ4n) is 1.15. The zero-order valence-electron chi connectivity index (χ0n) is 7.81. The number of rotatable bonds is 4. The molecule has 0 aromatic heterocycles. The van der Waals surface area contributed by atoms with Crippen molar-refractivity contribution in [3.63, 3.8) is 0 Å². The zero-order valence-corrected chi connectivity index (χ0v) is 9.39. The molecular weight excluding hydrogens is 228 g/mol. The Morgan fingerprint density at radius 1 is 1.46 bits per heavy atom. The number of benzene rings is 1. The Balaban J connectivity index is 2.56. The van der Waals surface area contributed by atoms with Crippen LogP contribution in [0.25, 0.3) is 0 Å². The highest BCUT2D eigenvalue weighted by Gasteiger charge is 1.96. The summed E-state index contributed by atoms with van der Waals surface area (Å²) in [5.74, 6) is 0. The largest absolute Gasteiger partial charge is 0.385 e. The van der Waals surface area contributed by atoms with E-state index in [2.05, 4.69) is 40.3 Å². The van der Waals surface area contributed by atoms with E-state index in [0.717, 1.165) is 24.0 Å². The van der Waals surface area contributed by atoms with Gasteiger partial charge in [-0.1, -0.05) is 15.9 Å². The zero-order chi connectivity index (χ0) is 9.68. The maximum Gasteiger partial charge on any atom is 0.0370 e. The van der Waals surface area contributed by atoms with Crippen molar-refractivity contribution in [2.45, 2.75) is 13.3 Å². The van der Waals surface area contributed by atoms with E-state index in [1.165, 1.54) is 11.3 Å². The normalized spacial score (nSPS) is 10.1. The van der Waals surface area contributed by atoms with Crippen molar-refractivity contribution in [2.24, 2.45) is 5.73 Å². The molecule has 0 heterocycles. The van der Waals surface area contributed by atoms with Gasteiger partial charge >= 0.3 is 0 Å². The second-order valence-corrected chi connectivity index (χ2v) is 3.94. The van der Waals surface area contributed by atoms with Crippen LogP contribution in [-0.4, -0.2) is 13.1 Å². The van der Waals surface area contributed by atoms with Crippen LogP contribution in [0.1, 0.15) is 12.0 Å². The summed E-state index contributed by atoms with van der Waals surface area (Å²) in [6.07, 6.45) is 1.01. The Kier molecular flexibility index (Phi) is 4.25. The predicted molar refractivity (Wildman–Crippen MR) is 61.0 cm³/mol. The number of nitrogens with one attached hydrogen (secondary N) is 1. The third kappa shape index (κ3) is 3.36. The highest BCUT2D eigenvalue weighted by Crippen LogP contribution is 2.19. The third-order valence-electron chi connectivity index (χ3n) is 1.88. The molecule has 1 aromatic rings. The van der Waals surface area contributed by atoms with Gasteiger partial charge in [0.2, 0.25) is 0 Å². The van der Waals surface area contributed by atoms with Gasteiger partial charge in [-0.05, 0) is 43.7 Å². The van der Waals surface area contributed by atoms with Crippen LogP contribution in [0.3, 0.4) is 0 Å². The minimum Gasteiger partial charge on any atom is -0.385 e.